The molecule has 0 saturated heterocycles. The number of hydrogen-bond acceptors (Lipinski definition) is 3. The number of nitrogens with zero attached hydrogens (tertiary/aromatic N) is 1. The summed E-state index contributed by atoms with van der Waals surface area (Å²) in [7, 11) is 1.61. The third-order valence-corrected chi connectivity index (χ3v) is 5.10. The van der Waals surface area contributed by atoms with E-state index in [0.717, 1.165) is 16.9 Å². The molecule has 6 heteroatoms. The Labute approximate surface area is 184 Å². The van der Waals surface area contributed by atoms with Crippen LogP contribution < -0.4 is 10.1 Å². The van der Waals surface area contributed by atoms with Crippen LogP contribution in [0.25, 0.3) is 0 Å². The van der Waals surface area contributed by atoms with E-state index in [1.54, 1.807) is 24.1 Å². The first-order valence-electron chi connectivity index (χ1n) is 10.3. The Morgan fingerprint density at radius 1 is 1.03 bits per heavy atom. The molecule has 2 aromatic rings. The standard InChI is InChI=1S/C24H31ClN2O3/c1-5-22(24(29)26-15-17(2)3)27(16-19-6-10-20(25)11-7-19)23(28)14-18-8-12-21(30-4)13-9-18/h6-13,17,22H,5,14-16H2,1-4H3,(H,26,29)/t22-/m0/s1. The van der Waals surface area contributed by atoms with E-state index in [4.69, 9.17) is 16.3 Å². The lowest BCUT2D eigenvalue weighted by Gasteiger charge is -2.31. The van der Waals surface area contributed by atoms with Crippen LogP contribution in [-0.2, 0) is 22.6 Å². The fraction of sp³-hybridized carbons (Fsp3) is 0.417. The normalized spacial score (nSPS) is 11.8. The smallest absolute Gasteiger partial charge is 0.242 e. The average molecular weight is 431 g/mol. The Morgan fingerprint density at radius 2 is 1.63 bits per heavy atom. The summed E-state index contributed by atoms with van der Waals surface area (Å²) in [6.07, 6.45) is 0.747. The molecule has 0 saturated carbocycles. The van der Waals surface area contributed by atoms with Gasteiger partial charge in [-0.05, 0) is 47.7 Å². The number of carbonyl (C=O) groups excluding carboxylic acids is 2. The van der Waals surface area contributed by atoms with Gasteiger partial charge in [-0.2, -0.15) is 0 Å². The number of methoxy groups -OCH3 is 1. The fourth-order valence-corrected chi connectivity index (χ4v) is 3.27. The van der Waals surface area contributed by atoms with Gasteiger partial charge in [0, 0.05) is 18.1 Å². The summed E-state index contributed by atoms with van der Waals surface area (Å²) < 4.78 is 5.18. The molecule has 0 spiro atoms. The number of carbonyl (C=O) groups is 2. The van der Waals surface area contributed by atoms with Crippen LogP contribution in [0, 0.1) is 5.92 Å². The first-order chi connectivity index (χ1) is 14.3. The summed E-state index contributed by atoms with van der Waals surface area (Å²) in [6, 6.07) is 14.2. The summed E-state index contributed by atoms with van der Waals surface area (Å²) >= 11 is 6.00. The number of ether oxygens (including phenoxy) is 1. The molecule has 0 radical (unpaired) electrons. The molecule has 0 fully saturated rings. The minimum absolute atomic E-state index is 0.0957. The third-order valence-electron chi connectivity index (χ3n) is 4.85. The molecule has 1 N–H and O–H groups in total. The van der Waals surface area contributed by atoms with Crippen LogP contribution in [0.3, 0.4) is 0 Å². The number of rotatable bonds is 10. The van der Waals surface area contributed by atoms with Crippen molar-refractivity contribution < 1.29 is 14.3 Å². The molecule has 0 bridgehead atoms. The topological polar surface area (TPSA) is 58.6 Å². The molecule has 0 aromatic heterocycles. The maximum absolute atomic E-state index is 13.3. The number of nitrogens with one attached hydrogen (secondary N) is 1. The highest BCUT2D eigenvalue weighted by molar-refractivity contribution is 6.30. The van der Waals surface area contributed by atoms with Crippen molar-refractivity contribution in [3.8, 4) is 5.75 Å². The van der Waals surface area contributed by atoms with Gasteiger partial charge in [0.1, 0.15) is 11.8 Å². The number of hydrogen-bond donors (Lipinski definition) is 1. The van der Waals surface area contributed by atoms with Crippen LogP contribution >= 0.6 is 11.6 Å². The maximum Gasteiger partial charge on any atom is 0.242 e. The van der Waals surface area contributed by atoms with Crippen LogP contribution in [-0.4, -0.2) is 36.4 Å². The van der Waals surface area contributed by atoms with Crippen molar-refractivity contribution in [2.24, 2.45) is 5.92 Å². The molecule has 5 nitrogen and oxygen atoms in total. The lowest BCUT2D eigenvalue weighted by Crippen LogP contribution is -2.50. The van der Waals surface area contributed by atoms with Crippen molar-refractivity contribution in [2.75, 3.05) is 13.7 Å². The molecule has 162 valence electrons. The van der Waals surface area contributed by atoms with Crippen molar-refractivity contribution >= 4 is 23.4 Å². The van der Waals surface area contributed by atoms with Gasteiger partial charge in [-0.3, -0.25) is 9.59 Å². The minimum Gasteiger partial charge on any atom is -0.497 e. The largest absolute Gasteiger partial charge is 0.497 e. The van der Waals surface area contributed by atoms with Crippen LogP contribution in [0.15, 0.2) is 48.5 Å². The van der Waals surface area contributed by atoms with Gasteiger partial charge < -0.3 is 15.0 Å². The Morgan fingerprint density at radius 3 is 2.17 bits per heavy atom. The van der Waals surface area contributed by atoms with Gasteiger partial charge in [-0.15, -0.1) is 0 Å². The van der Waals surface area contributed by atoms with E-state index in [0.29, 0.717) is 30.5 Å². The Kier molecular flexibility index (Phi) is 9.18. The number of benzene rings is 2. The third kappa shape index (κ3) is 7.06. The van der Waals surface area contributed by atoms with E-state index in [-0.39, 0.29) is 18.2 Å². The maximum atomic E-state index is 13.3. The van der Waals surface area contributed by atoms with Crippen LogP contribution in [0.4, 0.5) is 0 Å². The summed E-state index contributed by atoms with van der Waals surface area (Å²) in [5.41, 5.74) is 1.80. The SMILES string of the molecule is CC[C@@H](C(=O)NCC(C)C)N(Cc1ccc(Cl)cc1)C(=O)Cc1ccc(OC)cc1. The number of amides is 2. The van der Waals surface area contributed by atoms with Gasteiger partial charge >= 0.3 is 0 Å². The second-order valence-electron chi connectivity index (χ2n) is 7.74. The summed E-state index contributed by atoms with van der Waals surface area (Å²) in [6.45, 7) is 6.94. The van der Waals surface area contributed by atoms with Gasteiger partial charge in [-0.1, -0.05) is 56.6 Å². The fourth-order valence-electron chi connectivity index (χ4n) is 3.15. The highest BCUT2D eigenvalue weighted by Gasteiger charge is 2.28. The van der Waals surface area contributed by atoms with Crippen LogP contribution in [0.1, 0.15) is 38.3 Å². The average Bonchev–Trinajstić information content (AvgIpc) is 2.74. The van der Waals surface area contributed by atoms with Gasteiger partial charge in [0.15, 0.2) is 0 Å². The molecule has 0 heterocycles. The second kappa shape index (κ2) is 11.6. The first-order valence-corrected chi connectivity index (χ1v) is 10.7. The molecule has 30 heavy (non-hydrogen) atoms. The van der Waals surface area contributed by atoms with Gasteiger partial charge in [0.05, 0.1) is 13.5 Å². The van der Waals surface area contributed by atoms with E-state index in [2.05, 4.69) is 5.32 Å². The molecule has 2 aromatic carbocycles. The zero-order valence-electron chi connectivity index (χ0n) is 18.2. The zero-order valence-corrected chi connectivity index (χ0v) is 18.9. The highest BCUT2D eigenvalue weighted by atomic mass is 35.5. The molecule has 2 amide bonds. The molecule has 0 unspecified atom stereocenters. The Bertz CT molecular complexity index is 819. The van der Waals surface area contributed by atoms with Crippen molar-refractivity contribution in [2.45, 2.75) is 46.2 Å². The van der Waals surface area contributed by atoms with Gasteiger partial charge in [-0.25, -0.2) is 0 Å². The molecule has 0 aliphatic heterocycles. The Balaban J connectivity index is 2.24. The molecule has 0 aliphatic rings. The predicted molar refractivity (Wildman–Crippen MR) is 121 cm³/mol. The van der Waals surface area contributed by atoms with Gasteiger partial charge in [0.2, 0.25) is 11.8 Å². The minimum atomic E-state index is -0.537. The lowest BCUT2D eigenvalue weighted by molar-refractivity contribution is -0.141. The molecular weight excluding hydrogens is 400 g/mol. The monoisotopic (exact) mass is 430 g/mol. The van der Waals surface area contributed by atoms with Crippen molar-refractivity contribution in [3.63, 3.8) is 0 Å². The zero-order chi connectivity index (χ0) is 22.1. The van der Waals surface area contributed by atoms with Crippen LogP contribution in [0.5, 0.6) is 5.75 Å². The van der Waals surface area contributed by atoms with Gasteiger partial charge in [0.25, 0.3) is 0 Å². The van der Waals surface area contributed by atoms with E-state index < -0.39 is 6.04 Å². The molecule has 2 rings (SSSR count). The lowest BCUT2D eigenvalue weighted by atomic mass is 10.1. The second-order valence-corrected chi connectivity index (χ2v) is 8.17. The molecule has 0 aliphatic carbocycles. The Hall–Kier alpha value is -2.53. The van der Waals surface area contributed by atoms with Crippen molar-refractivity contribution in [3.05, 3.63) is 64.7 Å². The molecular formula is C24H31ClN2O3. The predicted octanol–water partition coefficient (Wildman–Crippen LogP) is 4.47. The van der Waals surface area contributed by atoms with E-state index >= 15 is 0 Å². The summed E-state index contributed by atoms with van der Waals surface area (Å²) in [5.74, 6) is 0.861. The van der Waals surface area contributed by atoms with E-state index in [9.17, 15) is 9.59 Å². The molecule has 1 atom stereocenters. The quantitative estimate of drug-likeness (QED) is 0.605. The summed E-state index contributed by atoms with van der Waals surface area (Å²) in [5, 5.41) is 3.61. The highest BCUT2D eigenvalue weighted by Crippen LogP contribution is 2.18. The number of halogens is 1. The van der Waals surface area contributed by atoms with Crippen LogP contribution in [0.2, 0.25) is 5.02 Å². The first kappa shape index (κ1) is 23.7. The summed E-state index contributed by atoms with van der Waals surface area (Å²) in [4.78, 5) is 27.8. The van der Waals surface area contributed by atoms with Crippen molar-refractivity contribution in [1.29, 1.82) is 0 Å². The van der Waals surface area contributed by atoms with E-state index in [1.807, 2.05) is 57.2 Å². The van der Waals surface area contributed by atoms with Crippen molar-refractivity contribution in [1.82, 2.24) is 10.2 Å². The van der Waals surface area contributed by atoms with E-state index in [1.165, 1.54) is 0 Å².